The third kappa shape index (κ3) is 0.578. The minimum absolute atomic E-state index is 0.481. The highest BCUT2D eigenvalue weighted by Gasteiger charge is 2.10. The van der Waals surface area contributed by atoms with Gasteiger partial charge in [0.25, 0.3) is 0 Å². The first-order valence-corrected chi connectivity index (χ1v) is 2.81. The van der Waals surface area contributed by atoms with E-state index in [0.717, 1.165) is 0 Å². The number of nitrogens with two attached hydrogens (primary N) is 1. The first kappa shape index (κ1) is 3.50. The number of hydrogen-bond acceptors (Lipinski definition) is 2. The van der Waals surface area contributed by atoms with Gasteiger partial charge in [0.15, 0.2) is 0 Å². The molecular weight excluding hydrogens is 82.1 g/mol. The summed E-state index contributed by atoms with van der Waals surface area (Å²) in [4.78, 5) is 0. The standard InChI is InChI=1S/C3H7NS/c4-3-1-2-5-3/h3H,1-2,4H2. The predicted octanol–water partition coefficient (Wildman–Crippen LogP) is 0.408. The summed E-state index contributed by atoms with van der Waals surface area (Å²) in [6, 6.07) is 0. The fourth-order valence-corrected chi connectivity index (χ4v) is 0.762. The monoisotopic (exact) mass is 89.0 g/mol. The minimum Gasteiger partial charge on any atom is -0.319 e. The zero-order valence-corrected chi connectivity index (χ0v) is 3.79. The van der Waals surface area contributed by atoms with Crippen LogP contribution < -0.4 is 5.73 Å². The Morgan fingerprint density at radius 1 is 1.80 bits per heavy atom. The predicted molar refractivity (Wildman–Crippen MR) is 25.1 cm³/mol. The highest BCUT2D eigenvalue weighted by molar-refractivity contribution is 8.01. The average molecular weight is 89.2 g/mol. The fraction of sp³-hybridized carbons (Fsp3) is 1.00. The first-order chi connectivity index (χ1) is 2.39. The molecule has 0 aliphatic carbocycles. The molecule has 0 aromatic carbocycles. The van der Waals surface area contributed by atoms with Gasteiger partial charge in [-0.1, -0.05) is 0 Å². The molecule has 1 nitrogen and oxygen atoms in total. The van der Waals surface area contributed by atoms with Gasteiger partial charge in [0, 0.05) is 0 Å². The Kier molecular flexibility index (Phi) is 0.830. The van der Waals surface area contributed by atoms with E-state index in [9.17, 15) is 0 Å². The van der Waals surface area contributed by atoms with Crippen LogP contribution >= 0.6 is 11.8 Å². The molecule has 0 bridgehead atoms. The van der Waals surface area contributed by atoms with Crippen molar-refractivity contribution in [3.63, 3.8) is 0 Å². The molecule has 5 heavy (non-hydrogen) atoms. The summed E-state index contributed by atoms with van der Waals surface area (Å²) in [7, 11) is 0. The molecule has 0 radical (unpaired) electrons. The number of rotatable bonds is 0. The van der Waals surface area contributed by atoms with Gasteiger partial charge in [0.05, 0.1) is 5.37 Å². The molecular formula is C3H7NS. The molecule has 1 aliphatic heterocycles. The Bertz CT molecular complexity index is 33.9. The van der Waals surface area contributed by atoms with Gasteiger partial charge in [-0.15, -0.1) is 11.8 Å². The van der Waals surface area contributed by atoms with Crippen LogP contribution in [0.2, 0.25) is 0 Å². The normalized spacial score (nSPS) is 36.6. The highest BCUT2D eigenvalue weighted by Crippen LogP contribution is 2.21. The molecule has 1 atom stereocenters. The van der Waals surface area contributed by atoms with E-state index in [1.165, 1.54) is 12.2 Å². The van der Waals surface area contributed by atoms with Crippen LogP contribution in [0.5, 0.6) is 0 Å². The molecule has 1 saturated heterocycles. The lowest BCUT2D eigenvalue weighted by Crippen LogP contribution is -2.24. The topological polar surface area (TPSA) is 26.0 Å². The van der Waals surface area contributed by atoms with Gasteiger partial charge in [0.2, 0.25) is 0 Å². The van der Waals surface area contributed by atoms with Gasteiger partial charge < -0.3 is 5.73 Å². The molecule has 0 saturated carbocycles. The zero-order valence-electron chi connectivity index (χ0n) is 2.98. The molecule has 1 unspecified atom stereocenters. The van der Waals surface area contributed by atoms with Crippen molar-refractivity contribution in [2.24, 2.45) is 5.73 Å². The maximum atomic E-state index is 5.34. The van der Waals surface area contributed by atoms with E-state index in [-0.39, 0.29) is 0 Å². The zero-order chi connectivity index (χ0) is 3.70. The lowest BCUT2D eigenvalue weighted by atomic mass is 10.5. The van der Waals surface area contributed by atoms with Gasteiger partial charge in [-0.3, -0.25) is 0 Å². The van der Waals surface area contributed by atoms with E-state index in [2.05, 4.69) is 0 Å². The second kappa shape index (κ2) is 1.19. The van der Waals surface area contributed by atoms with Gasteiger partial charge in [-0.25, -0.2) is 0 Å². The first-order valence-electron chi connectivity index (χ1n) is 1.77. The number of hydrogen-bond donors (Lipinski definition) is 1. The summed E-state index contributed by atoms with van der Waals surface area (Å²) in [6.07, 6.45) is 1.23. The lowest BCUT2D eigenvalue weighted by Gasteiger charge is -2.18. The molecule has 30 valence electrons. The molecule has 1 fully saturated rings. The van der Waals surface area contributed by atoms with Crippen LogP contribution in [0, 0.1) is 0 Å². The molecule has 1 heterocycles. The number of thioether (sulfide) groups is 1. The average Bonchev–Trinajstić information content (AvgIpc) is 1.30. The molecule has 1 rings (SSSR count). The van der Waals surface area contributed by atoms with Crippen molar-refractivity contribution in [1.82, 2.24) is 0 Å². The summed E-state index contributed by atoms with van der Waals surface area (Å²) in [5, 5.41) is 0.481. The Labute approximate surface area is 35.9 Å². The minimum atomic E-state index is 0.481. The SMILES string of the molecule is NC1CCS1. The van der Waals surface area contributed by atoms with Crippen molar-refractivity contribution in [1.29, 1.82) is 0 Å². The van der Waals surface area contributed by atoms with Crippen LogP contribution in [0.4, 0.5) is 0 Å². The second-order valence-electron chi connectivity index (χ2n) is 1.20. The van der Waals surface area contributed by atoms with E-state index in [1.807, 2.05) is 11.8 Å². The molecule has 2 N–H and O–H groups in total. The van der Waals surface area contributed by atoms with E-state index in [1.54, 1.807) is 0 Å². The van der Waals surface area contributed by atoms with Crippen molar-refractivity contribution in [2.75, 3.05) is 5.75 Å². The van der Waals surface area contributed by atoms with Crippen molar-refractivity contribution in [2.45, 2.75) is 11.8 Å². The third-order valence-electron chi connectivity index (χ3n) is 0.734. The van der Waals surface area contributed by atoms with Crippen molar-refractivity contribution in [3.8, 4) is 0 Å². The second-order valence-corrected chi connectivity index (χ2v) is 2.54. The van der Waals surface area contributed by atoms with E-state index >= 15 is 0 Å². The fourth-order valence-electron chi connectivity index (χ4n) is 0.254. The van der Waals surface area contributed by atoms with Crippen LogP contribution in [0.1, 0.15) is 6.42 Å². The molecule has 0 aromatic heterocycles. The van der Waals surface area contributed by atoms with Crippen LogP contribution in [-0.2, 0) is 0 Å². The van der Waals surface area contributed by atoms with Crippen LogP contribution in [-0.4, -0.2) is 11.1 Å². The van der Waals surface area contributed by atoms with Crippen molar-refractivity contribution >= 4 is 11.8 Å². The van der Waals surface area contributed by atoms with Crippen LogP contribution in [0.25, 0.3) is 0 Å². The summed E-state index contributed by atoms with van der Waals surface area (Å²) in [5.41, 5.74) is 5.34. The van der Waals surface area contributed by atoms with Crippen LogP contribution in [0.3, 0.4) is 0 Å². The molecule has 0 spiro atoms. The van der Waals surface area contributed by atoms with Gasteiger partial charge in [-0.05, 0) is 12.2 Å². The third-order valence-corrected chi connectivity index (χ3v) is 1.87. The Morgan fingerprint density at radius 3 is 2.20 bits per heavy atom. The van der Waals surface area contributed by atoms with Crippen molar-refractivity contribution < 1.29 is 0 Å². The smallest absolute Gasteiger partial charge is 0.0515 e. The Morgan fingerprint density at radius 2 is 2.20 bits per heavy atom. The molecule has 0 amide bonds. The lowest BCUT2D eigenvalue weighted by molar-refractivity contribution is 0.826. The Balaban J connectivity index is 2.08. The highest BCUT2D eigenvalue weighted by atomic mass is 32.2. The van der Waals surface area contributed by atoms with Crippen molar-refractivity contribution in [3.05, 3.63) is 0 Å². The van der Waals surface area contributed by atoms with Gasteiger partial charge in [0.1, 0.15) is 0 Å². The Hall–Kier alpha value is 0.310. The van der Waals surface area contributed by atoms with Gasteiger partial charge >= 0.3 is 0 Å². The van der Waals surface area contributed by atoms with E-state index < -0.39 is 0 Å². The largest absolute Gasteiger partial charge is 0.319 e. The maximum absolute atomic E-state index is 5.34. The summed E-state index contributed by atoms with van der Waals surface area (Å²) in [5.74, 6) is 1.28. The summed E-state index contributed by atoms with van der Waals surface area (Å²) in [6.45, 7) is 0. The molecule has 0 aromatic rings. The molecule has 2 heteroatoms. The summed E-state index contributed by atoms with van der Waals surface area (Å²) >= 11 is 1.84. The molecule has 1 aliphatic rings. The maximum Gasteiger partial charge on any atom is 0.0515 e. The van der Waals surface area contributed by atoms with E-state index in [0.29, 0.717) is 5.37 Å². The van der Waals surface area contributed by atoms with Gasteiger partial charge in [-0.2, -0.15) is 0 Å². The summed E-state index contributed by atoms with van der Waals surface area (Å²) < 4.78 is 0. The van der Waals surface area contributed by atoms with E-state index in [4.69, 9.17) is 5.73 Å². The van der Waals surface area contributed by atoms with Crippen LogP contribution in [0.15, 0.2) is 0 Å². The quantitative estimate of drug-likeness (QED) is 0.465.